The van der Waals surface area contributed by atoms with Crippen LogP contribution in [0.4, 0.5) is 13.6 Å². The second-order valence-electron chi connectivity index (χ2n) is 6.32. The van der Waals surface area contributed by atoms with E-state index in [4.69, 9.17) is 4.84 Å². The number of amides is 2. The molecule has 0 bridgehead atoms. The fraction of sp³-hybridized carbons (Fsp3) is 0.300. The van der Waals surface area contributed by atoms with Crippen molar-refractivity contribution in [3.63, 3.8) is 0 Å². The minimum Gasteiger partial charge on any atom is -0.390 e. The number of benzene rings is 2. The molecule has 1 N–H and O–H groups in total. The molecule has 0 aliphatic carbocycles. The van der Waals surface area contributed by atoms with E-state index in [-0.39, 0.29) is 30.3 Å². The van der Waals surface area contributed by atoms with Crippen LogP contribution < -0.4 is 5.32 Å². The minimum atomic E-state index is -0.345. The third-order valence-corrected chi connectivity index (χ3v) is 4.21. The summed E-state index contributed by atoms with van der Waals surface area (Å²) in [5, 5.41) is 6.83. The topological polar surface area (TPSA) is 53.9 Å². The van der Waals surface area contributed by atoms with Gasteiger partial charge in [0, 0.05) is 19.5 Å². The molecular weight excluding hydrogens is 352 g/mol. The van der Waals surface area contributed by atoms with E-state index in [9.17, 15) is 13.6 Å². The van der Waals surface area contributed by atoms with Gasteiger partial charge in [0.05, 0.1) is 12.3 Å². The van der Waals surface area contributed by atoms with Crippen molar-refractivity contribution in [3.8, 4) is 0 Å². The normalized spacial score (nSPS) is 15.8. The number of nitrogens with one attached hydrogen (secondary N) is 1. The molecule has 1 heterocycles. The maximum absolute atomic E-state index is 13.5. The lowest BCUT2D eigenvalue weighted by Crippen LogP contribution is -2.43. The number of halogens is 2. The van der Waals surface area contributed by atoms with E-state index in [1.165, 1.54) is 24.3 Å². The third kappa shape index (κ3) is 5.03. The van der Waals surface area contributed by atoms with Crippen LogP contribution in [-0.2, 0) is 11.4 Å². The van der Waals surface area contributed by atoms with Gasteiger partial charge in [-0.2, -0.15) is 0 Å². The van der Waals surface area contributed by atoms with Gasteiger partial charge in [-0.15, -0.1) is 0 Å². The Bertz CT molecular complexity index is 824. The van der Waals surface area contributed by atoms with Gasteiger partial charge < -0.3 is 15.1 Å². The van der Waals surface area contributed by atoms with Crippen LogP contribution >= 0.6 is 0 Å². The molecule has 0 aromatic heterocycles. The van der Waals surface area contributed by atoms with Gasteiger partial charge in [-0.3, -0.25) is 0 Å². The Balaban J connectivity index is 1.66. The van der Waals surface area contributed by atoms with E-state index in [1.807, 2.05) is 6.92 Å². The second kappa shape index (κ2) is 8.62. The molecule has 27 heavy (non-hydrogen) atoms. The molecule has 0 saturated heterocycles. The number of carbonyl (C=O) groups excluding carboxylic acids is 1. The van der Waals surface area contributed by atoms with Crippen molar-refractivity contribution < 1.29 is 18.4 Å². The fourth-order valence-corrected chi connectivity index (χ4v) is 2.92. The van der Waals surface area contributed by atoms with Crippen molar-refractivity contribution in [1.29, 1.82) is 0 Å². The Morgan fingerprint density at radius 3 is 2.70 bits per heavy atom. The number of nitrogens with zero attached hydrogens (tertiary/aromatic N) is 2. The Labute approximate surface area is 156 Å². The van der Waals surface area contributed by atoms with E-state index < -0.39 is 0 Å². The molecule has 7 heteroatoms. The summed E-state index contributed by atoms with van der Waals surface area (Å²) in [4.78, 5) is 19.4. The Kier molecular flexibility index (Phi) is 6.01. The summed E-state index contributed by atoms with van der Waals surface area (Å²) in [6.45, 7) is 2.88. The highest BCUT2D eigenvalue weighted by atomic mass is 19.1. The maximum Gasteiger partial charge on any atom is 0.317 e. The zero-order valence-corrected chi connectivity index (χ0v) is 15.0. The summed E-state index contributed by atoms with van der Waals surface area (Å²) in [6, 6.07) is 11.9. The van der Waals surface area contributed by atoms with E-state index in [0.29, 0.717) is 30.8 Å². The molecule has 142 valence electrons. The first kappa shape index (κ1) is 18.8. The first-order valence-electron chi connectivity index (χ1n) is 8.81. The van der Waals surface area contributed by atoms with E-state index in [0.717, 1.165) is 5.56 Å². The van der Waals surface area contributed by atoms with Crippen LogP contribution in [0.15, 0.2) is 53.7 Å². The number of rotatable bonds is 6. The molecule has 0 spiro atoms. The van der Waals surface area contributed by atoms with Crippen molar-refractivity contribution in [2.45, 2.75) is 26.0 Å². The van der Waals surface area contributed by atoms with Crippen molar-refractivity contribution in [3.05, 3.63) is 71.3 Å². The fourth-order valence-electron chi connectivity index (χ4n) is 2.92. The van der Waals surface area contributed by atoms with Crippen LogP contribution in [0.3, 0.4) is 0 Å². The largest absolute Gasteiger partial charge is 0.390 e. The molecule has 2 aromatic carbocycles. The van der Waals surface area contributed by atoms with Gasteiger partial charge in [0.2, 0.25) is 0 Å². The van der Waals surface area contributed by atoms with Gasteiger partial charge in [0.1, 0.15) is 11.6 Å². The number of hydrogen-bond donors (Lipinski definition) is 1. The molecule has 5 nitrogen and oxygen atoms in total. The lowest BCUT2D eigenvalue weighted by molar-refractivity contribution is 0.0590. The summed E-state index contributed by atoms with van der Waals surface area (Å²) in [6.07, 6.45) is 0.186. The lowest BCUT2D eigenvalue weighted by atomic mass is 10.0. The van der Waals surface area contributed by atoms with Gasteiger partial charge in [-0.25, -0.2) is 13.6 Å². The molecular formula is C20H21F2N3O2. The average Bonchev–Trinajstić information content (AvgIpc) is 3.10. The van der Waals surface area contributed by atoms with Gasteiger partial charge in [0.15, 0.2) is 6.10 Å². The van der Waals surface area contributed by atoms with E-state index >= 15 is 0 Å². The lowest BCUT2D eigenvalue weighted by Gasteiger charge is -2.25. The molecule has 0 unspecified atom stereocenters. The molecule has 1 aliphatic rings. The van der Waals surface area contributed by atoms with Crippen LogP contribution in [0, 0.1) is 11.6 Å². The molecule has 1 atom stereocenters. The second-order valence-corrected chi connectivity index (χ2v) is 6.32. The summed E-state index contributed by atoms with van der Waals surface area (Å²) >= 11 is 0. The minimum absolute atomic E-state index is 0.249. The molecule has 3 rings (SSSR count). The van der Waals surface area contributed by atoms with Crippen LogP contribution in [0.1, 0.15) is 24.5 Å². The Hall–Kier alpha value is -2.96. The summed E-state index contributed by atoms with van der Waals surface area (Å²) < 4.78 is 26.5. The first-order chi connectivity index (χ1) is 13.0. The predicted molar refractivity (Wildman–Crippen MR) is 98.3 cm³/mol. The van der Waals surface area contributed by atoms with Crippen molar-refractivity contribution in [1.82, 2.24) is 10.2 Å². The first-order valence-corrected chi connectivity index (χ1v) is 8.81. The quantitative estimate of drug-likeness (QED) is 0.840. The zero-order chi connectivity index (χ0) is 19.2. The van der Waals surface area contributed by atoms with E-state index in [1.54, 1.807) is 29.2 Å². The zero-order valence-electron chi connectivity index (χ0n) is 15.0. The summed E-state index contributed by atoms with van der Waals surface area (Å²) in [5.74, 6) is -0.658. The molecule has 0 fully saturated rings. The van der Waals surface area contributed by atoms with Gasteiger partial charge in [0.25, 0.3) is 0 Å². The third-order valence-electron chi connectivity index (χ3n) is 4.21. The molecule has 0 saturated carbocycles. The SMILES string of the molecule is CCNC(=O)N(Cc1cccc(F)c1)C[C@H]1CC(c2ccc(F)cc2)=NO1. The van der Waals surface area contributed by atoms with Crippen LogP contribution in [-0.4, -0.2) is 35.8 Å². The highest BCUT2D eigenvalue weighted by molar-refractivity contribution is 6.01. The highest BCUT2D eigenvalue weighted by Crippen LogP contribution is 2.19. The monoisotopic (exact) mass is 373 g/mol. The number of urea groups is 1. The smallest absolute Gasteiger partial charge is 0.317 e. The highest BCUT2D eigenvalue weighted by Gasteiger charge is 2.26. The molecule has 1 aliphatic heterocycles. The van der Waals surface area contributed by atoms with Crippen molar-refractivity contribution >= 4 is 11.7 Å². The summed E-state index contributed by atoms with van der Waals surface area (Å²) in [7, 11) is 0. The van der Waals surface area contributed by atoms with E-state index in [2.05, 4.69) is 10.5 Å². The molecule has 0 radical (unpaired) electrons. The van der Waals surface area contributed by atoms with Gasteiger partial charge in [-0.05, 0) is 42.3 Å². The van der Waals surface area contributed by atoms with Crippen LogP contribution in [0.5, 0.6) is 0 Å². The molecule has 2 amide bonds. The number of carbonyl (C=O) groups is 1. The molecule has 2 aromatic rings. The standard InChI is InChI=1S/C20H21F2N3O2/c1-2-23-20(26)25(12-14-4-3-5-17(22)10-14)13-18-11-19(24-27-18)15-6-8-16(21)9-7-15/h3-10,18H,2,11-13H2,1H3,(H,23,26)/t18-/m1/s1. The average molecular weight is 373 g/mol. The van der Waals surface area contributed by atoms with Crippen LogP contribution in [0.2, 0.25) is 0 Å². The maximum atomic E-state index is 13.5. The Morgan fingerprint density at radius 1 is 1.22 bits per heavy atom. The number of hydrogen-bond acceptors (Lipinski definition) is 3. The van der Waals surface area contributed by atoms with Crippen LogP contribution in [0.25, 0.3) is 0 Å². The van der Waals surface area contributed by atoms with Gasteiger partial charge in [-0.1, -0.05) is 29.4 Å². The van der Waals surface area contributed by atoms with Crippen molar-refractivity contribution in [2.75, 3.05) is 13.1 Å². The summed E-state index contributed by atoms with van der Waals surface area (Å²) in [5.41, 5.74) is 2.19. The van der Waals surface area contributed by atoms with Crippen molar-refractivity contribution in [2.24, 2.45) is 5.16 Å². The predicted octanol–water partition coefficient (Wildman–Crippen LogP) is 3.69. The number of oxime groups is 1. The van der Waals surface area contributed by atoms with Gasteiger partial charge >= 0.3 is 6.03 Å². The Morgan fingerprint density at radius 2 is 2.00 bits per heavy atom.